The van der Waals surface area contributed by atoms with Crippen LogP contribution < -0.4 is 16.4 Å². The highest BCUT2D eigenvalue weighted by molar-refractivity contribution is 7.10. The molecule has 2 amide bonds. The number of benzene rings is 1. The third-order valence-corrected chi connectivity index (χ3v) is 4.07. The van der Waals surface area contributed by atoms with Crippen molar-refractivity contribution in [2.45, 2.75) is 26.4 Å². The van der Waals surface area contributed by atoms with E-state index < -0.39 is 0 Å². The molecule has 20 heavy (non-hydrogen) atoms. The molecule has 5 heteroatoms. The summed E-state index contributed by atoms with van der Waals surface area (Å²) in [5.74, 6) is 0. The first kappa shape index (κ1) is 14.6. The molecule has 4 nitrogen and oxygen atoms in total. The molecule has 2 aromatic rings. The van der Waals surface area contributed by atoms with Crippen LogP contribution in [0.15, 0.2) is 35.7 Å². The summed E-state index contributed by atoms with van der Waals surface area (Å²) in [6, 6.07) is 9.36. The van der Waals surface area contributed by atoms with Gasteiger partial charge < -0.3 is 16.4 Å². The fourth-order valence-electron chi connectivity index (χ4n) is 1.82. The first-order valence-corrected chi connectivity index (χ1v) is 7.37. The maximum atomic E-state index is 11.9. The number of anilines is 1. The maximum absolute atomic E-state index is 11.9. The third-order valence-electron chi connectivity index (χ3n) is 3.05. The molecule has 1 atom stereocenters. The van der Waals surface area contributed by atoms with Gasteiger partial charge in [0.05, 0.1) is 6.54 Å². The van der Waals surface area contributed by atoms with Crippen molar-refractivity contribution in [1.82, 2.24) is 5.32 Å². The zero-order valence-electron chi connectivity index (χ0n) is 11.6. The molecule has 0 spiro atoms. The average Bonchev–Trinajstić information content (AvgIpc) is 2.82. The molecule has 1 unspecified atom stereocenters. The van der Waals surface area contributed by atoms with Gasteiger partial charge in [-0.2, -0.15) is 0 Å². The minimum absolute atomic E-state index is 0.0476. The number of carbonyl (C=O) groups is 1. The topological polar surface area (TPSA) is 67.2 Å². The van der Waals surface area contributed by atoms with E-state index in [0.29, 0.717) is 6.54 Å². The van der Waals surface area contributed by atoms with E-state index in [0.717, 1.165) is 11.3 Å². The van der Waals surface area contributed by atoms with E-state index in [-0.39, 0.29) is 12.1 Å². The van der Waals surface area contributed by atoms with Gasteiger partial charge in [0.15, 0.2) is 0 Å². The average molecular weight is 289 g/mol. The van der Waals surface area contributed by atoms with Crippen LogP contribution in [0.3, 0.4) is 0 Å². The van der Waals surface area contributed by atoms with Gasteiger partial charge in [0, 0.05) is 16.6 Å². The second-order valence-electron chi connectivity index (χ2n) is 4.75. The van der Waals surface area contributed by atoms with Crippen LogP contribution in [0.4, 0.5) is 10.5 Å². The monoisotopic (exact) mass is 289 g/mol. The van der Waals surface area contributed by atoms with Gasteiger partial charge in [0.1, 0.15) is 0 Å². The van der Waals surface area contributed by atoms with Gasteiger partial charge in [0.2, 0.25) is 0 Å². The summed E-state index contributed by atoms with van der Waals surface area (Å²) >= 11 is 1.65. The Morgan fingerprint density at radius 2 is 2.20 bits per heavy atom. The molecule has 106 valence electrons. The zero-order valence-corrected chi connectivity index (χ0v) is 12.5. The van der Waals surface area contributed by atoms with Gasteiger partial charge in [0.25, 0.3) is 0 Å². The Balaban J connectivity index is 1.91. The van der Waals surface area contributed by atoms with Crippen LogP contribution in [0.2, 0.25) is 0 Å². The molecule has 4 N–H and O–H groups in total. The largest absolute Gasteiger partial charge is 0.333 e. The Bertz CT molecular complexity index is 592. The number of urea groups is 1. The Labute approximate surface area is 123 Å². The van der Waals surface area contributed by atoms with Crippen molar-refractivity contribution >= 4 is 23.1 Å². The number of hydrogen-bond acceptors (Lipinski definition) is 3. The van der Waals surface area contributed by atoms with Gasteiger partial charge in [-0.3, -0.25) is 0 Å². The molecule has 0 radical (unpaired) electrons. The fraction of sp³-hybridized carbons (Fsp3) is 0.267. The minimum Gasteiger partial charge on any atom is -0.333 e. The van der Waals surface area contributed by atoms with Crippen LogP contribution in [-0.2, 0) is 6.54 Å². The third kappa shape index (κ3) is 3.82. The Morgan fingerprint density at radius 3 is 2.85 bits per heavy atom. The number of aryl methyl sites for hydroxylation is 1. The second-order valence-corrected chi connectivity index (χ2v) is 5.75. The summed E-state index contributed by atoms with van der Waals surface area (Å²) < 4.78 is 0. The summed E-state index contributed by atoms with van der Waals surface area (Å²) in [4.78, 5) is 13.0. The van der Waals surface area contributed by atoms with Gasteiger partial charge in [-0.15, -0.1) is 11.3 Å². The van der Waals surface area contributed by atoms with Crippen LogP contribution in [0, 0.1) is 6.92 Å². The number of amides is 2. The normalized spacial score (nSPS) is 11.9. The van der Waals surface area contributed by atoms with E-state index in [1.807, 2.05) is 49.6 Å². The summed E-state index contributed by atoms with van der Waals surface area (Å²) in [5.41, 5.74) is 8.78. The van der Waals surface area contributed by atoms with E-state index in [2.05, 4.69) is 10.6 Å². The van der Waals surface area contributed by atoms with Crippen LogP contribution in [0.1, 0.15) is 29.0 Å². The Kier molecular flexibility index (Phi) is 4.76. The predicted molar refractivity (Wildman–Crippen MR) is 84.0 cm³/mol. The molecule has 0 aliphatic rings. The molecule has 1 aromatic heterocycles. The van der Waals surface area contributed by atoms with E-state index in [1.54, 1.807) is 11.3 Å². The van der Waals surface area contributed by atoms with Crippen LogP contribution >= 0.6 is 11.3 Å². The molecule has 1 heterocycles. The highest BCUT2D eigenvalue weighted by Crippen LogP contribution is 2.16. The van der Waals surface area contributed by atoms with E-state index >= 15 is 0 Å². The predicted octanol–water partition coefficient (Wildman–Crippen LogP) is 3.40. The van der Waals surface area contributed by atoms with Crippen molar-refractivity contribution in [1.29, 1.82) is 0 Å². The lowest BCUT2D eigenvalue weighted by Gasteiger charge is -2.10. The van der Waals surface area contributed by atoms with Gasteiger partial charge >= 0.3 is 6.03 Å². The smallest absolute Gasteiger partial charge is 0.319 e. The van der Waals surface area contributed by atoms with Crippen molar-refractivity contribution in [2.24, 2.45) is 5.73 Å². The van der Waals surface area contributed by atoms with Crippen molar-refractivity contribution < 1.29 is 4.79 Å². The summed E-state index contributed by atoms with van der Waals surface area (Å²) in [5, 5.41) is 7.69. The lowest BCUT2D eigenvalue weighted by atomic mass is 10.1. The Hall–Kier alpha value is -1.85. The summed E-state index contributed by atoms with van der Waals surface area (Å²) in [7, 11) is 0. The number of rotatable bonds is 4. The lowest BCUT2D eigenvalue weighted by molar-refractivity contribution is 0.252. The first-order valence-electron chi connectivity index (χ1n) is 6.49. The van der Waals surface area contributed by atoms with Gasteiger partial charge in [-0.25, -0.2) is 4.79 Å². The lowest BCUT2D eigenvalue weighted by Crippen LogP contribution is -2.28. The van der Waals surface area contributed by atoms with Gasteiger partial charge in [-0.05, 0) is 48.6 Å². The molecule has 0 saturated carbocycles. The molecular formula is C15H19N3OS. The highest BCUT2D eigenvalue weighted by Gasteiger charge is 2.06. The molecule has 0 saturated heterocycles. The standard InChI is InChI=1S/C15H19N3OS/c1-10-6-7-20-14(10)9-17-15(19)18-13-5-3-4-12(8-13)11(2)16/h3-8,11H,9,16H2,1-2H3,(H2,17,18,19). The molecule has 2 rings (SSSR count). The quantitative estimate of drug-likeness (QED) is 0.807. The highest BCUT2D eigenvalue weighted by atomic mass is 32.1. The van der Waals surface area contributed by atoms with Crippen molar-refractivity contribution in [3.05, 3.63) is 51.7 Å². The molecule has 0 aliphatic carbocycles. The van der Waals surface area contributed by atoms with Crippen molar-refractivity contribution in [3.8, 4) is 0 Å². The minimum atomic E-state index is -0.209. The van der Waals surface area contributed by atoms with Crippen LogP contribution in [0.5, 0.6) is 0 Å². The van der Waals surface area contributed by atoms with Crippen LogP contribution in [-0.4, -0.2) is 6.03 Å². The first-order chi connectivity index (χ1) is 9.56. The maximum Gasteiger partial charge on any atom is 0.319 e. The van der Waals surface area contributed by atoms with Gasteiger partial charge in [-0.1, -0.05) is 12.1 Å². The number of hydrogen-bond donors (Lipinski definition) is 3. The van der Waals surface area contributed by atoms with Crippen LogP contribution in [0.25, 0.3) is 0 Å². The second kappa shape index (κ2) is 6.54. The Morgan fingerprint density at radius 1 is 1.40 bits per heavy atom. The SMILES string of the molecule is Cc1ccsc1CNC(=O)Nc1cccc(C(C)N)c1. The summed E-state index contributed by atoms with van der Waals surface area (Å²) in [6.07, 6.45) is 0. The van der Waals surface area contributed by atoms with Crippen molar-refractivity contribution in [2.75, 3.05) is 5.32 Å². The zero-order chi connectivity index (χ0) is 14.5. The molecule has 0 fully saturated rings. The number of nitrogens with two attached hydrogens (primary N) is 1. The molecular weight excluding hydrogens is 270 g/mol. The molecule has 0 bridgehead atoms. The molecule has 1 aromatic carbocycles. The molecule has 0 aliphatic heterocycles. The fourth-order valence-corrected chi connectivity index (χ4v) is 2.67. The van der Waals surface area contributed by atoms with E-state index in [4.69, 9.17) is 5.73 Å². The van der Waals surface area contributed by atoms with Crippen molar-refractivity contribution in [3.63, 3.8) is 0 Å². The van der Waals surface area contributed by atoms with E-state index in [9.17, 15) is 4.79 Å². The number of nitrogens with one attached hydrogen (secondary N) is 2. The summed E-state index contributed by atoms with van der Waals surface area (Å²) in [6.45, 7) is 4.50. The number of thiophene rings is 1. The number of carbonyl (C=O) groups excluding carboxylic acids is 1. The van der Waals surface area contributed by atoms with E-state index in [1.165, 1.54) is 10.4 Å².